The molecule has 2 amide bonds. The lowest BCUT2D eigenvalue weighted by Gasteiger charge is -2.23. The van der Waals surface area contributed by atoms with Gasteiger partial charge in [0.15, 0.2) is 0 Å². The summed E-state index contributed by atoms with van der Waals surface area (Å²) in [5.41, 5.74) is 10.3. The lowest BCUT2D eigenvalue weighted by atomic mass is 10.1. The van der Waals surface area contributed by atoms with E-state index < -0.39 is 4.92 Å². The Bertz CT molecular complexity index is 1440. The molecule has 0 saturated carbocycles. The Morgan fingerprint density at radius 1 is 0.974 bits per heavy atom. The van der Waals surface area contributed by atoms with Crippen molar-refractivity contribution >= 4 is 23.2 Å². The molecule has 194 valence electrons. The van der Waals surface area contributed by atoms with E-state index in [4.69, 9.17) is 10.3 Å². The average molecular weight is 514 g/mol. The van der Waals surface area contributed by atoms with E-state index in [0.29, 0.717) is 47.9 Å². The summed E-state index contributed by atoms with van der Waals surface area (Å²) < 4.78 is 5.22. The number of nitro benzene ring substituents is 1. The van der Waals surface area contributed by atoms with E-state index in [-0.39, 0.29) is 17.5 Å². The standard InChI is InChI=1S/C28H27N5O5/c1-18-26(19(2)38-31-18)28(35)32(17-22-5-3-4-21(14-22)15-29)16-20-6-10-24(11-7-20)30-27(34)23-8-12-25(13-9-23)33(36)37/h3-14H,15-17,29H2,1-2H3,(H,30,34). The van der Waals surface area contributed by atoms with Gasteiger partial charge < -0.3 is 20.5 Å². The zero-order valence-electron chi connectivity index (χ0n) is 21.0. The number of anilines is 1. The minimum Gasteiger partial charge on any atom is -0.361 e. The number of aryl methyl sites for hydroxylation is 2. The van der Waals surface area contributed by atoms with E-state index in [0.717, 1.165) is 16.7 Å². The first kappa shape index (κ1) is 26.2. The number of aromatic nitrogens is 1. The second-order valence-electron chi connectivity index (χ2n) is 8.84. The maximum atomic E-state index is 13.5. The number of carbonyl (C=O) groups excluding carboxylic acids is 2. The summed E-state index contributed by atoms with van der Waals surface area (Å²) in [6, 6.07) is 20.3. The fourth-order valence-corrected chi connectivity index (χ4v) is 4.07. The van der Waals surface area contributed by atoms with Gasteiger partial charge in [0.1, 0.15) is 11.3 Å². The van der Waals surface area contributed by atoms with Crippen LogP contribution in [0.1, 0.15) is 48.9 Å². The molecule has 0 aliphatic carbocycles. The summed E-state index contributed by atoms with van der Waals surface area (Å²) in [6.07, 6.45) is 0. The third-order valence-corrected chi connectivity index (χ3v) is 6.06. The Morgan fingerprint density at radius 2 is 1.63 bits per heavy atom. The van der Waals surface area contributed by atoms with Crippen LogP contribution in [0.4, 0.5) is 11.4 Å². The van der Waals surface area contributed by atoms with Crippen LogP contribution >= 0.6 is 0 Å². The topological polar surface area (TPSA) is 145 Å². The molecule has 0 unspecified atom stereocenters. The van der Waals surface area contributed by atoms with Gasteiger partial charge in [-0.25, -0.2) is 0 Å². The molecule has 38 heavy (non-hydrogen) atoms. The number of nitrogens with zero attached hydrogens (tertiary/aromatic N) is 3. The molecule has 0 bridgehead atoms. The predicted molar refractivity (Wildman–Crippen MR) is 141 cm³/mol. The fraction of sp³-hybridized carbons (Fsp3) is 0.179. The van der Waals surface area contributed by atoms with Crippen molar-refractivity contribution in [1.29, 1.82) is 0 Å². The Morgan fingerprint density at radius 3 is 2.24 bits per heavy atom. The molecule has 0 saturated heterocycles. The molecule has 4 aromatic rings. The van der Waals surface area contributed by atoms with E-state index in [1.165, 1.54) is 24.3 Å². The van der Waals surface area contributed by atoms with E-state index in [2.05, 4.69) is 10.5 Å². The van der Waals surface area contributed by atoms with E-state index in [9.17, 15) is 19.7 Å². The zero-order valence-corrected chi connectivity index (χ0v) is 21.0. The number of rotatable bonds is 9. The number of carbonyl (C=O) groups is 2. The summed E-state index contributed by atoms with van der Waals surface area (Å²) in [4.78, 5) is 38.1. The van der Waals surface area contributed by atoms with Crippen molar-refractivity contribution in [2.75, 3.05) is 5.32 Å². The second kappa shape index (κ2) is 11.5. The fourth-order valence-electron chi connectivity index (χ4n) is 4.07. The first-order valence-corrected chi connectivity index (χ1v) is 11.9. The molecular weight excluding hydrogens is 486 g/mol. The van der Waals surface area contributed by atoms with Gasteiger partial charge in [0, 0.05) is 43.0 Å². The number of nitrogens with two attached hydrogens (primary N) is 1. The smallest absolute Gasteiger partial charge is 0.269 e. The van der Waals surface area contributed by atoms with Crippen LogP contribution in [0.15, 0.2) is 77.3 Å². The van der Waals surface area contributed by atoms with Crippen molar-refractivity contribution in [1.82, 2.24) is 10.1 Å². The number of amides is 2. The molecule has 3 aromatic carbocycles. The monoisotopic (exact) mass is 513 g/mol. The van der Waals surface area contributed by atoms with Crippen LogP contribution in [0.25, 0.3) is 0 Å². The molecule has 10 heteroatoms. The molecule has 0 atom stereocenters. The third kappa shape index (κ3) is 6.11. The summed E-state index contributed by atoms with van der Waals surface area (Å²) in [6.45, 7) is 4.52. The van der Waals surface area contributed by atoms with E-state index in [1.54, 1.807) is 30.9 Å². The van der Waals surface area contributed by atoms with Crippen molar-refractivity contribution in [3.05, 3.63) is 122 Å². The van der Waals surface area contributed by atoms with Crippen LogP contribution in [-0.2, 0) is 19.6 Å². The Balaban J connectivity index is 1.51. The van der Waals surface area contributed by atoms with Gasteiger partial charge in [0.05, 0.1) is 10.6 Å². The largest absolute Gasteiger partial charge is 0.361 e. The number of benzene rings is 3. The van der Waals surface area contributed by atoms with Crippen molar-refractivity contribution in [2.24, 2.45) is 5.73 Å². The zero-order chi connectivity index (χ0) is 27.2. The number of non-ortho nitro benzene ring substituents is 1. The lowest BCUT2D eigenvalue weighted by Crippen LogP contribution is -2.31. The molecular formula is C28H27N5O5. The molecule has 1 aromatic heterocycles. The molecule has 0 fully saturated rings. The normalized spacial score (nSPS) is 10.7. The molecule has 3 N–H and O–H groups in total. The van der Waals surface area contributed by atoms with Gasteiger partial charge >= 0.3 is 0 Å². The van der Waals surface area contributed by atoms with E-state index >= 15 is 0 Å². The highest BCUT2D eigenvalue weighted by Crippen LogP contribution is 2.21. The average Bonchev–Trinajstić information content (AvgIpc) is 3.26. The first-order chi connectivity index (χ1) is 18.2. The molecule has 0 spiro atoms. The highest BCUT2D eigenvalue weighted by atomic mass is 16.6. The SMILES string of the molecule is Cc1noc(C)c1C(=O)N(Cc1ccc(NC(=O)c2ccc([N+](=O)[O-])cc2)cc1)Cc1cccc(CN)c1. The van der Waals surface area contributed by atoms with Crippen molar-refractivity contribution < 1.29 is 19.0 Å². The van der Waals surface area contributed by atoms with Gasteiger partial charge in [0.25, 0.3) is 17.5 Å². The number of nitro groups is 1. The summed E-state index contributed by atoms with van der Waals surface area (Å²) in [5.74, 6) is -0.130. The van der Waals surface area contributed by atoms with Crippen LogP contribution in [0.5, 0.6) is 0 Å². The van der Waals surface area contributed by atoms with E-state index in [1.807, 2.05) is 36.4 Å². The van der Waals surface area contributed by atoms with Crippen LogP contribution in [0.2, 0.25) is 0 Å². The minimum absolute atomic E-state index is 0.0867. The Hall–Kier alpha value is -4.83. The van der Waals surface area contributed by atoms with Gasteiger partial charge in [-0.15, -0.1) is 0 Å². The Kier molecular flexibility index (Phi) is 7.93. The molecule has 4 rings (SSSR count). The van der Waals surface area contributed by atoms with Crippen molar-refractivity contribution in [2.45, 2.75) is 33.5 Å². The quantitative estimate of drug-likeness (QED) is 0.243. The highest BCUT2D eigenvalue weighted by molar-refractivity contribution is 6.04. The molecule has 0 aliphatic rings. The van der Waals surface area contributed by atoms with Gasteiger partial charge in [-0.2, -0.15) is 0 Å². The molecule has 0 radical (unpaired) electrons. The van der Waals surface area contributed by atoms with Crippen molar-refractivity contribution in [3.8, 4) is 0 Å². The summed E-state index contributed by atoms with van der Waals surface area (Å²) in [7, 11) is 0. The maximum Gasteiger partial charge on any atom is 0.269 e. The second-order valence-corrected chi connectivity index (χ2v) is 8.84. The number of hydrogen-bond acceptors (Lipinski definition) is 7. The van der Waals surface area contributed by atoms with Gasteiger partial charge in [-0.05, 0) is 54.8 Å². The molecule has 10 nitrogen and oxygen atoms in total. The van der Waals surface area contributed by atoms with Gasteiger partial charge in [-0.1, -0.05) is 41.6 Å². The summed E-state index contributed by atoms with van der Waals surface area (Å²) in [5, 5.41) is 17.5. The summed E-state index contributed by atoms with van der Waals surface area (Å²) >= 11 is 0. The van der Waals surface area contributed by atoms with Crippen LogP contribution in [0.3, 0.4) is 0 Å². The third-order valence-electron chi connectivity index (χ3n) is 6.06. The van der Waals surface area contributed by atoms with Gasteiger partial charge in [0.2, 0.25) is 0 Å². The van der Waals surface area contributed by atoms with Crippen LogP contribution in [-0.4, -0.2) is 26.8 Å². The maximum absolute atomic E-state index is 13.5. The minimum atomic E-state index is -0.519. The van der Waals surface area contributed by atoms with Crippen LogP contribution < -0.4 is 11.1 Å². The lowest BCUT2D eigenvalue weighted by molar-refractivity contribution is -0.384. The number of nitrogens with one attached hydrogen (secondary N) is 1. The highest BCUT2D eigenvalue weighted by Gasteiger charge is 2.24. The van der Waals surface area contributed by atoms with Crippen LogP contribution in [0, 0.1) is 24.0 Å². The predicted octanol–water partition coefficient (Wildman–Crippen LogP) is 4.75. The van der Waals surface area contributed by atoms with Gasteiger partial charge in [-0.3, -0.25) is 19.7 Å². The first-order valence-electron chi connectivity index (χ1n) is 11.9. The Labute approximate surface area is 219 Å². The number of hydrogen-bond donors (Lipinski definition) is 2. The molecule has 0 aliphatic heterocycles. The molecule has 1 heterocycles. The van der Waals surface area contributed by atoms with Crippen molar-refractivity contribution in [3.63, 3.8) is 0 Å².